The molecule has 1 amide bonds. The molecule has 1 unspecified atom stereocenters. The highest BCUT2D eigenvalue weighted by molar-refractivity contribution is 5.86. The number of nitrogens with zero attached hydrogens (tertiary/aromatic N) is 4. The first-order valence-corrected chi connectivity index (χ1v) is 10.8. The molecule has 6 nitrogen and oxygen atoms in total. The van der Waals surface area contributed by atoms with Crippen molar-refractivity contribution in [2.45, 2.75) is 52.0 Å². The van der Waals surface area contributed by atoms with Crippen molar-refractivity contribution in [3.8, 4) is 5.88 Å². The van der Waals surface area contributed by atoms with E-state index in [4.69, 9.17) is 9.72 Å². The van der Waals surface area contributed by atoms with Crippen molar-refractivity contribution in [1.29, 1.82) is 0 Å². The van der Waals surface area contributed by atoms with Crippen LogP contribution >= 0.6 is 0 Å². The lowest BCUT2D eigenvalue weighted by atomic mass is 9.99. The van der Waals surface area contributed by atoms with E-state index in [0.29, 0.717) is 25.1 Å². The Labute approximate surface area is 182 Å². The monoisotopic (exact) mass is 424 g/mol. The molecule has 31 heavy (non-hydrogen) atoms. The number of carbonyl (C=O) groups is 1. The van der Waals surface area contributed by atoms with E-state index in [9.17, 15) is 9.18 Å². The quantitative estimate of drug-likeness (QED) is 0.602. The predicted molar refractivity (Wildman–Crippen MR) is 118 cm³/mol. The van der Waals surface area contributed by atoms with Gasteiger partial charge in [0.1, 0.15) is 5.82 Å². The summed E-state index contributed by atoms with van der Waals surface area (Å²) in [6, 6.07) is 6.81. The second-order valence-corrected chi connectivity index (χ2v) is 8.35. The molecule has 0 radical (unpaired) electrons. The highest BCUT2D eigenvalue weighted by Crippen LogP contribution is 2.31. The molecule has 164 valence electrons. The maximum absolute atomic E-state index is 13.5. The van der Waals surface area contributed by atoms with Crippen molar-refractivity contribution in [2.24, 2.45) is 7.05 Å². The maximum Gasteiger partial charge on any atom is 0.242 e. The first-order valence-electron chi connectivity index (χ1n) is 10.8. The van der Waals surface area contributed by atoms with Gasteiger partial charge in [-0.2, -0.15) is 0 Å². The molecule has 2 aromatic heterocycles. The zero-order chi connectivity index (χ0) is 22.1. The molecule has 0 bridgehead atoms. The van der Waals surface area contributed by atoms with Crippen LogP contribution in [0.2, 0.25) is 0 Å². The number of amides is 1. The second-order valence-electron chi connectivity index (χ2n) is 8.35. The molecular weight excluding hydrogens is 395 g/mol. The third-order valence-electron chi connectivity index (χ3n) is 6.36. The van der Waals surface area contributed by atoms with E-state index in [1.54, 1.807) is 23.9 Å². The molecule has 1 fully saturated rings. The Kier molecular flexibility index (Phi) is 5.94. The summed E-state index contributed by atoms with van der Waals surface area (Å²) in [6.07, 6.45) is 3.70. The fraction of sp³-hybridized carbons (Fsp3) is 0.458. The first-order chi connectivity index (χ1) is 14.9. The lowest BCUT2D eigenvalue weighted by Gasteiger charge is -2.25. The minimum atomic E-state index is -0.229. The number of aryl methyl sites for hydroxylation is 3. The summed E-state index contributed by atoms with van der Waals surface area (Å²) in [4.78, 5) is 19.8. The Morgan fingerprint density at radius 3 is 2.87 bits per heavy atom. The van der Waals surface area contributed by atoms with Crippen molar-refractivity contribution >= 4 is 16.9 Å². The van der Waals surface area contributed by atoms with E-state index in [-0.39, 0.29) is 17.8 Å². The van der Waals surface area contributed by atoms with Gasteiger partial charge in [-0.3, -0.25) is 4.79 Å². The zero-order valence-corrected chi connectivity index (χ0v) is 18.6. The largest absolute Gasteiger partial charge is 0.479 e. The first kappa shape index (κ1) is 21.3. The number of benzene rings is 1. The summed E-state index contributed by atoms with van der Waals surface area (Å²) in [7, 11) is 3.46. The number of likely N-dealkylation sites (tertiary alicyclic amines) is 1. The summed E-state index contributed by atoms with van der Waals surface area (Å²) < 4.78 is 20.7. The van der Waals surface area contributed by atoms with Crippen molar-refractivity contribution in [2.75, 3.05) is 13.7 Å². The molecule has 1 aliphatic rings. The Morgan fingerprint density at radius 1 is 1.32 bits per heavy atom. The summed E-state index contributed by atoms with van der Waals surface area (Å²) in [5.41, 5.74) is 4.79. The number of hydrogen-bond acceptors (Lipinski definition) is 4. The Morgan fingerprint density at radius 2 is 2.13 bits per heavy atom. The van der Waals surface area contributed by atoms with Gasteiger partial charge in [-0.05, 0) is 68.4 Å². The normalized spacial score (nSPS) is 16.3. The van der Waals surface area contributed by atoms with E-state index in [2.05, 4.69) is 5.10 Å². The van der Waals surface area contributed by atoms with Crippen molar-refractivity contribution in [1.82, 2.24) is 19.7 Å². The van der Waals surface area contributed by atoms with Gasteiger partial charge in [0.05, 0.1) is 12.5 Å². The van der Waals surface area contributed by atoms with Crippen molar-refractivity contribution in [3.05, 3.63) is 52.5 Å². The van der Waals surface area contributed by atoms with Crippen LogP contribution in [0, 0.1) is 19.7 Å². The lowest BCUT2D eigenvalue weighted by molar-refractivity contribution is -0.131. The molecule has 1 atom stereocenters. The number of fused-ring (bicyclic) bond motifs is 1. The van der Waals surface area contributed by atoms with Gasteiger partial charge in [-0.1, -0.05) is 12.1 Å². The number of pyridine rings is 1. The summed E-state index contributed by atoms with van der Waals surface area (Å²) in [5, 5.41) is 5.30. The summed E-state index contributed by atoms with van der Waals surface area (Å²) >= 11 is 0. The van der Waals surface area contributed by atoms with Crippen LogP contribution in [0.25, 0.3) is 11.0 Å². The Hall–Kier alpha value is -2.96. The van der Waals surface area contributed by atoms with Crippen LogP contribution in [0.3, 0.4) is 0 Å². The van der Waals surface area contributed by atoms with Gasteiger partial charge in [0, 0.05) is 31.7 Å². The summed E-state index contributed by atoms with van der Waals surface area (Å²) in [6.45, 7) is 4.79. The smallest absolute Gasteiger partial charge is 0.242 e. The second kappa shape index (κ2) is 8.65. The Balaban J connectivity index is 1.50. The molecule has 1 saturated heterocycles. The van der Waals surface area contributed by atoms with Crippen molar-refractivity contribution in [3.63, 3.8) is 0 Å². The van der Waals surface area contributed by atoms with Gasteiger partial charge in [-0.25, -0.2) is 14.1 Å². The van der Waals surface area contributed by atoms with Crippen LogP contribution in [0.4, 0.5) is 4.39 Å². The fourth-order valence-electron chi connectivity index (χ4n) is 4.80. The highest BCUT2D eigenvalue weighted by atomic mass is 19.1. The molecule has 1 aromatic carbocycles. The van der Waals surface area contributed by atoms with Gasteiger partial charge in [0.15, 0.2) is 5.65 Å². The number of carbonyl (C=O) groups excluding carboxylic acids is 1. The molecule has 3 heterocycles. The average molecular weight is 425 g/mol. The predicted octanol–water partition coefficient (Wildman–Crippen LogP) is 3.90. The van der Waals surface area contributed by atoms with Crippen LogP contribution in [0.5, 0.6) is 5.88 Å². The van der Waals surface area contributed by atoms with E-state index >= 15 is 0 Å². The number of aromatic nitrogens is 3. The molecule has 1 aliphatic heterocycles. The molecule has 7 heteroatoms. The molecule has 4 rings (SSSR count). The number of ether oxygens (including phenoxy) is 1. The molecule has 0 aliphatic carbocycles. The number of hydrogen-bond donors (Lipinski definition) is 0. The van der Waals surface area contributed by atoms with Crippen LogP contribution in [0.1, 0.15) is 41.6 Å². The third-order valence-corrected chi connectivity index (χ3v) is 6.36. The van der Waals surface area contributed by atoms with Gasteiger partial charge < -0.3 is 9.64 Å². The molecule has 0 N–H and O–H groups in total. The minimum Gasteiger partial charge on any atom is -0.479 e. The van der Waals surface area contributed by atoms with Gasteiger partial charge in [0.25, 0.3) is 0 Å². The summed E-state index contributed by atoms with van der Waals surface area (Å²) in [5.74, 6) is 0.480. The van der Waals surface area contributed by atoms with Gasteiger partial charge in [0.2, 0.25) is 11.8 Å². The van der Waals surface area contributed by atoms with E-state index in [1.807, 2.05) is 31.9 Å². The third kappa shape index (κ3) is 4.13. The highest BCUT2D eigenvalue weighted by Gasteiger charge is 2.29. The van der Waals surface area contributed by atoms with Crippen LogP contribution in [-0.2, 0) is 24.7 Å². The van der Waals surface area contributed by atoms with E-state index in [0.717, 1.165) is 52.8 Å². The van der Waals surface area contributed by atoms with Crippen LogP contribution < -0.4 is 4.74 Å². The fourth-order valence-corrected chi connectivity index (χ4v) is 4.80. The standard InChI is InChI=1S/C24H29FN4O2/c1-15-20(16(2)26-23-22(15)24(31-4)27-28(23)3)10-11-21(30)29-12-6-9-19(29)14-17-7-5-8-18(25)13-17/h5,7-8,13,19H,6,9-12,14H2,1-4H3. The Bertz CT molecular complexity index is 1120. The van der Waals surface area contributed by atoms with Gasteiger partial charge in [-0.15, -0.1) is 5.10 Å². The zero-order valence-electron chi connectivity index (χ0n) is 18.6. The van der Waals surface area contributed by atoms with Gasteiger partial charge >= 0.3 is 0 Å². The topological polar surface area (TPSA) is 60.2 Å². The SMILES string of the molecule is COc1nn(C)c2nc(C)c(CCC(=O)N3CCCC3Cc3cccc(F)c3)c(C)c12. The van der Waals surface area contributed by atoms with Crippen molar-refractivity contribution < 1.29 is 13.9 Å². The maximum atomic E-state index is 13.5. The number of methoxy groups -OCH3 is 1. The minimum absolute atomic E-state index is 0.135. The number of halogens is 1. The van der Waals surface area contributed by atoms with E-state index in [1.165, 1.54) is 6.07 Å². The molecular formula is C24H29FN4O2. The molecule has 3 aromatic rings. The van der Waals surface area contributed by atoms with Crippen LogP contribution in [-0.4, -0.2) is 45.3 Å². The van der Waals surface area contributed by atoms with E-state index < -0.39 is 0 Å². The molecule has 0 saturated carbocycles. The number of rotatable bonds is 6. The average Bonchev–Trinajstić information content (AvgIpc) is 3.32. The lowest BCUT2D eigenvalue weighted by Crippen LogP contribution is -2.37. The van der Waals surface area contributed by atoms with Crippen LogP contribution in [0.15, 0.2) is 24.3 Å². The molecule has 0 spiro atoms.